The number of hydrogen-bond acceptors (Lipinski definition) is 5. The summed E-state index contributed by atoms with van der Waals surface area (Å²) in [6, 6.07) is 6.05. The van der Waals surface area contributed by atoms with E-state index >= 15 is 0 Å². The number of amides is 1. The maximum absolute atomic E-state index is 11.7. The van der Waals surface area contributed by atoms with Crippen molar-refractivity contribution in [2.24, 2.45) is 0 Å². The summed E-state index contributed by atoms with van der Waals surface area (Å²) in [7, 11) is 0. The molecule has 7 nitrogen and oxygen atoms in total. The highest BCUT2D eigenvalue weighted by molar-refractivity contribution is 5.88. The molecule has 0 saturated heterocycles. The van der Waals surface area contributed by atoms with Crippen LogP contribution >= 0.6 is 0 Å². The molecular formula is C18H26N2O5. The minimum atomic E-state index is -0.998. The van der Waals surface area contributed by atoms with Crippen molar-refractivity contribution in [1.29, 1.82) is 0 Å². The van der Waals surface area contributed by atoms with Crippen LogP contribution in [0.3, 0.4) is 0 Å². The number of carboxylic acids is 1. The summed E-state index contributed by atoms with van der Waals surface area (Å²) in [6.45, 7) is 5.49. The highest BCUT2D eigenvalue weighted by atomic mass is 16.6. The molecule has 1 amide bonds. The first-order valence-corrected chi connectivity index (χ1v) is 8.27. The van der Waals surface area contributed by atoms with Gasteiger partial charge in [0.25, 0.3) is 0 Å². The molecule has 0 atom stereocenters. The SMILES string of the molecule is CC(C)(C)OC(=O)CCCCCC(=O)NNc1ccc(C(=O)O)cc1. The summed E-state index contributed by atoms with van der Waals surface area (Å²) < 4.78 is 5.21. The van der Waals surface area contributed by atoms with Crippen molar-refractivity contribution < 1.29 is 24.2 Å². The molecular weight excluding hydrogens is 324 g/mol. The molecule has 0 radical (unpaired) electrons. The Morgan fingerprint density at radius 1 is 1.00 bits per heavy atom. The average Bonchev–Trinajstić information content (AvgIpc) is 2.51. The van der Waals surface area contributed by atoms with Crippen LogP contribution in [0, 0.1) is 0 Å². The lowest BCUT2D eigenvalue weighted by molar-refractivity contribution is -0.154. The van der Waals surface area contributed by atoms with Gasteiger partial charge in [-0.25, -0.2) is 4.79 Å². The van der Waals surface area contributed by atoms with Crippen molar-refractivity contribution in [2.45, 2.75) is 58.5 Å². The largest absolute Gasteiger partial charge is 0.478 e. The van der Waals surface area contributed by atoms with E-state index in [0.29, 0.717) is 31.4 Å². The molecule has 0 fully saturated rings. The lowest BCUT2D eigenvalue weighted by Crippen LogP contribution is -2.29. The van der Waals surface area contributed by atoms with Crippen LogP contribution < -0.4 is 10.9 Å². The molecule has 0 aliphatic rings. The molecule has 7 heteroatoms. The number of benzene rings is 1. The van der Waals surface area contributed by atoms with Gasteiger partial charge in [0.05, 0.1) is 11.3 Å². The number of unbranched alkanes of at least 4 members (excludes halogenated alkanes) is 2. The van der Waals surface area contributed by atoms with Crippen LogP contribution in [0.15, 0.2) is 24.3 Å². The van der Waals surface area contributed by atoms with E-state index in [1.165, 1.54) is 12.1 Å². The molecule has 0 heterocycles. The van der Waals surface area contributed by atoms with Crippen molar-refractivity contribution >= 4 is 23.5 Å². The molecule has 1 aromatic rings. The summed E-state index contributed by atoms with van der Waals surface area (Å²) in [6.07, 6.45) is 2.82. The van der Waals surface area contributed by atoms with Crippen molar-refractivity contribution in [1.82, 2.24) is 5.43 Å². The normalized spacial score (nSPS) is 10.8. The van der Waals surface area contributed by atoms with Gasteiger partial charge in [-0.2, -0.15) is 0 Å². The van der Waals surface area contributed by atoms with Crippen LogP contribution in [-0.4, -0.2) is 28.6 Å². The van der Waals surface area contributed by atoms with Gasteiger partial charge in [0.1, 0.15) is 5.60 Å². The van der Waals surface area contributed by atoms with E-state index < -0.39 is 11.6 Å². The van der Waals surface area contributed by atoms with Gasteiger partial charge in [0, 0.05) is 12.8 Å². The summed E-state index contributed by atoms with van der Waals surface area (Å²) in [5.74, 6) is -1.38. The number of hydrogen-bond donors (Lipinski definition) is 3. The van der Waals surface area contributed by atoms with Crippen LogP contribution in [-0.2, 0) is 14.3 Å². The van der Waals surface area contributed by atoms with Gasteiger partial charge in [-0.1, -0.05) is 6.42 Å². The zero-order chi connectivity index (χ0) is 18.9. The van der Waals surface area contributed by atoms with E-state index in [2.05, 4.69) is 10.9 Å². The standard InChI is InChI=1S/C18H26N2O5/c1-18(2,3)25-16(22)8-6-4-5-7-15(21)20-19-14-11-9-13(10-12-14)17(23)24/h9-12,19H,4-8H2,1-3H3,(H,20,21)(H,23,24). The van der Waals surface area contributed by atoms with E-state index in [1.54, 1.807) is 12.1 Å². The number of nitrogens with one attached hydrogen (secondary N) is 2. The molecule has 138 valence electrons. The molecule has 0 aliphatic carbocycles. The van der Waals surface area contributed by atoms with Crippen molar-refractivity contribution in [3.63, 3.8) is 0 Å². The van der Waals surface area contributed by atoms with Gasteiger partial charge in [-0.05, 0) is 57.9 Å². The maximum atomic E-state index is 11.7. The highest BCUT2D eigenvalue weighted by Gasteiger charge is 2.15. The Morgan fingerprint density at radius 3 is 2.16 bits per heavy atom. The van der Waals surface area contributed by atoms with Crippen molar-refractivity contribution in [2.75, 3.05) is 5.43 Å². The van der Waals surface area contributed by atoms with Gasteiger partial charge < -0.3 is 9.84 Å². The quantitative estimate of drug-likeness (QED) is 0.359. The summed E-state index contributed by atoms with van der Waals surface area (Å²) in [5.41, 5.74) is 5.59. The van der Waals surface area contributed by atoms with Crippen molar-refractivity contribution in [3.8, 4) is 0 Å². The molecule has 0 spiro atoms. The molecule has 0 unspecified atom stereocenters. The second kappa shape index (κ2) is 9.66. The third-order valence-corrected chi connectivity index (χ3v) is 3.18. The molecule has 3 N–H and O–H groups in total. The van der Waals surface area contributed by atoms with Gasteiger partial charge in [0.15, 0.2) is 0 Å². The summed E-state index contributed by atoms with van der Waals surface area (Å²) in [4.78, 5) is 34.0. The first-order chi connectivity index (χ1) is 11.7. The number of carboxylic acid groups (broad SMARTS) is 1. The van der Waals surface area contributed by atoms with E-state index in [9.17, 15) is 14.4 Å². The molecule has 0 bridgehead atoms. The number of carbonyl (C=O) groups excluding carboxylic acids is 2. The molecule has 25 heavy (non-hydrogen) atoms. The first kappa shape index (κ1) is 20.5. The Morgan fingerprint density at radius 2 is 1.60 bits per heavy atom. The van der Waals surface area contributed by atoms with E-state index in [0.717, 1.165) is 6.42 Å². The highest BCUT2D eigenvalue weighted by Crippen LogP contribution is 2.11. The predicted octanol–water partition coefficient (Wildman–Crippen LogP) is 3.12. The van der Waals surface area contributed by atoms with Gasteiger partial charge in [-0.3, -0.25) is 20.4 Å². The van der Waals surface area contributed by atoms with Gasteiger partial charge in [-0.15, -0.1) is 0 Å². The molecule has 0 aliphatic heterocycles. The van der Waals surface area contributed by atoms with E-state index in [4.69, 9.17) is 9.84 Å². The Hall–Kier alpha value is -2.57. The number of esters is 1. The Balaban J connectivity index is 2.15. The predicted molar refractivity (Wildman–Crippen MR) is 94.1 cm³/mol. The van der Waals surface area contributed by atoms with Crippen LogP contribution in [0.5, 0.6) is 0 Å². The number of aromatic carboxylic acids is 1. The monoisotopic (exact) mass is 350 g/mol. The second-order valence-corrected chi connectivity index (χ2v) is 6.70. The van der Waals surface area contributed by atoms with E-state index in [1.807, 2.05) is 20.8 Å². The van der Waals surface area contributed by atoms with Gasteiger partial charge in [0.2, 0.25) is 5.91 Å². The molecule has 1 aromatic carbocycles. The van der Waals surface area contributed by atoms with Crippen LogP contribution in [0.1, 0.15) is 63.2 Å². The smallest absolute Gasteiger partial charge is 0.335 e. The number of ether oxygens (including phenoxy) is 1. The topological polar surface area (TPSA) is 105 Å². The third kappa shape index (κ3) is 9.34. The van der Waals surface area contributed by atoms with Crippen molar-refractivity contribution in [3.05, 3.63) is 29.8 Å². The number of rotatable bonds is 9. The van der Waals surface area contributed by atoms with Crippen LogP contribution in [0.4, 0.5) is 5.69 Å². The second-order valence-electron chi connectivity index (χ2n) is 6.70. The summed E-state index contributed by atoms with van der Waals surface area (Å²) in [5, 5.41) is 8.81. The zero-order valence-electron chi connectivity index (χ0n) is 14.9. The number of anilines is 1. The molecule has 0 saturated carbocycles. The average molecular weight is 350 g/mol. The third-order valence-electron chi connectivity index (χ3n) is 3.18. The fourth-order valence-corrected chi connectivity index (χ4v) is 2.02. The number of hydrazine groups is 1. The first-order valence-electron chi connectivity index (χ1n) is 8.27. The fraction of sp³-hybridized carbons (Fsp3) is 0.500. The van der Waals surface area contributed by atoms with Gasteiger partial charge >= 0.3 is 11.9 Å². The minimum Gasteiger partial charge on any atom is -0.478 e. The Kier molecular flexibility index (Phi) is 7.91. The van der Waals surface area contributed by atoms with Crippen LogP contribution in [0.2, 0.25) is 0 Å². The fourth-order valence-electron chi connectivity index (χ4n) is 2.02. The number of carbonyl (C=O) groups is 3. The Bertz CT molecular complexity index is 590. The minimum absolute atomic E-state index is 0.167. The zero-order valence-corrected chi connectivity index (χ0v) is 14.9. The summed E-state index contributed by atoms with van der Waals surface area (Å²) >= 11 is 0. The molecule has 1 rings (SSSR count). The molecule has 0 aromatic heterocycles. The van der Waals surface area contributed by atoms with Crippen LogP contribution in [0.25, 0.3) is 0 Å². The Labute approximate surface area is 147 Å². The lowest BCUT2D eigenvalue weighted by Gasteiger charge is -2.19. The maximum Gasteiger partial charge on any atom is 0.335 e. The van der Waals surface area contributed by atoms with E-state index in [-0.39, 0.29) is 17.4 Å². The lowest BCUT2D eigenvalue weighted by atomic mass is 10.1.